The number of benzene rings is 1. The van der Waals surface area contributed by atoms with Gasteiger partial charge in [0.05, 0.1) is 49.3 Å². The van der Waals surface area contributed by atoms with E-state index >= 15 is 0 Å². The Bertz CT molecular complexity index is 1140. The van der Waals surface area contributed by atoms with Crippen LogP contribution in [0.2, 0.25) is 0 Å². The fraction of sp³-hybridized carbons (Fsp3) is 0.360. The maximum absolute atomic E-state index is 13.1. The number of hydrogen-bond acceptors (Lipinski definition) is 8. The first-order valence-electron chi connectivity index (χ1n) is 11.3. The number of pyridine rings is 1. The van der Waals surface area contributed by atoms with Crippen LogP contribution in [0.1, 0.15) is 16.4 Å². The summed E-state index contributed by atoms with van der Waals surface area (Å²) in [4.78, 5) is 38.2. The summed E-state index contributed by atoms with van der Waals surface area (Å²) in [6.07, 6.45) is 1.32. The number of ether oxygens (including phenoxy) is 3. The van der Waals surface area contributed by atoms with Crippen molar-refractivity contribution in [2.45, 2.75) is 26.2 Å². The van der Waals surface area contributed by atoms with Crippen molar-refractivity contribution in [3.8, 4) is 11.5 Å². The van der Waals surface area contributed by atoms with Crippen LogP contribution < -0.4 is 9.47 Å². The number of hydrogen-bond donors (Lipinski definition) is 0. The highest BCUT2D eigenvalue weighted by Gasteiger charge is 2.31. The molecule has 1 fully saturated rings. The zero-order valence-corrected chi connectivity index (χ0v) is 20.6. The van der Waals surface area contributed by atoms with Gasteiger partial charge in [0.2, 0.25) is 5.91 Å². The molecular weight excluding hydrogens is 468 g/mol. The number of amides is 2. The van der Waals surface area contributed by atoms with Crippen LogP contribution in [0.25, 0.3) is 0 Å². The molecule has 1 aliphatic rings. The van der Waals surface area contributed by atoms with E-state index in [1.165, 1.54) is 4.90 Å². The Morgan fingerprint density at radius 2 is 1.91 bits per heavy atom. The quantitative estimate of drug-likeness (QED) is 0.450. The Kier molecular flexibility index (Phi) is 8.27. The third-order valence-electron chi connectivity index (χ3n) is 5.51. The third-order valence-corrected chi connectivity index (χ3v) is 6.33. The Balaban J connectivity index is 1.45. The van der Waals surface area contributed by atoms with E-state index in [-0.39, 0.29) is 38.1 Å². The SMILES string of the molecule is COc1ccccc1OCC(=O)N1CC(=O)N(Cc2csc(C)n2)C[C@H](OCc2ccccn2)C1. The summed E-state index contributed by atoms with van der Waals surface area (Å²) in [6.45, 7) is 2.92. The average molecular weight is 497 g/mol. The summed E-state index contributed by atoms with van der Waals surface area (Å²) in [5, 5.41) is 2.89. The van der Waals surface area contributed by atoms with E-state index in [0.717, 1.165) is 16.4 Å². The third kappa shape index (κ3) is 6.77. The zero-order chi connectivity index (χ0) is 24.6. The van der Waals surface area contributed by atoms with Crippen molar-refractivity contribution in [2.24, 2.45) is 0 Å². The minimum Gasteiger partial charge on any atom is -0.493 e. The molecule has 4 rings (SSSR count). The normalized spacial score (nSPS) is 16.2. The maximum Gasteiger partial charge on any atom is 0.261 e. The summed E-state index contributed by atoms with van der Waals surface area (Å²) < 4.78 is 17.1. The highest BCUT2D eigenvalue weighted by atomic mass is 32.1. The van der Waals surface area contributed by atoms with Crippen molar-refractivity contribution in [1.82, 2.24) is 19.8 Å². The molecule has 0 saturated carbocycles. The molecule has 2 aromatic heterocycles. The number of methoxy groups -OCH3 is 1. The number of carbonyl (C=O) groups excluding carboxylic acids is 2. The van der Waals surface area contributed by atoms with Gasteiger partial charge in [-0.25, -0.2) is 4.98 Å². The molecule has 1 saturated heterocycles. The van der Waals surface area contributed by atoms with E-state index < -0.39 is 6.10 Å². The maximum atomic E-state index is 13.1. The van der Waals surface area contributed by atoms with Crippen LogP contribution >= 0.6 is 11.3 Å². The molecule has 0 radical (unpaired) electrons. The molecule has 0 bridgehead atoms. The highest BCUT2D eigenvalue weighted by molar-refractivity contribution is 7.09. The molecule has 35 heavy (non-hydrogen) atoms. The fourth-order valence-electron chi connectivity index (χ4n) is 3.76. The molecule has 0 spiro atoms. The lowest BCUT2D eigenvalue weighted by atomic mass is 10.3. The molecule has 10 heteroatoms. The van der Waals surface area contributed by atoms with Crippen LogP contribution in [-0.2, 0) is 27.5 Å². The number of aromatic nitrogens is 2. The molecule has 0 aliphatic carbocycles. The average Bonchev–Trinajstić information content (AvgIpc) is 3.22. The second kappa shape index (κ2) is 11.8. The van der Waals surface area contributed by atoms with Gasteiger partial charge in [-0.3, -0.25) is 14.6 Å². The van der Waals surface area contributed by atoms with Crippen molar-refractivity contribution in [3.63, 3.8) is 0 Å². The number of rotatable bonds is 9. The summed E-state index contributed by atoms with van der Waals surface area (Å²) in [6, 6.07) is 12.7. The van der Waals surface area contributed by atoms with Crippen molar-refractivity contribution in [3.05, 3.63) is 70.4 Å². The second-order valence-corrected chi connectivity index (χ2v) is 9.16. The summed E-state index contributed by atoms with van der Waals surface area (Å²) >= 11 is 1.54. The van der Waals surface area contributed by atoms with Crippen LogP contribution in [0, 0.1) is 6.92 Å². The molecule has 9 nitrogen and oxygen atoms in total. The van der Waals surface area contributed by atoms with Crippen molar-refractivity contribution in [2.75, 3.05) is 33.4 Å². The number of aryl methyl sites for hydroxylation is 1. The van der Waals surface area contributed by atoms with Crippen LogP contribution in [0.3, 0.4) is 0 Å². The molecule has 1 aliphatic heterocycles. The van der Waals surface area contributed by atoms with Crippen molar-refractivity contribution >= 4 is 23.2 Å². The summed E-state index contributed by atoms with van der Waals surface area (Å²) in [5.74, 6) is 0.536. The standard InChI is InChI=1S/C25H28N4O5S/c1-18-27-20(17-35-18)11-28-12-21(33-15-19-7-5-6-10-26-19)13-29(14-24(28)30)25(31)16-34-23-9-4-3-8-22(23)32-2/h3-10,17,21H,11-16H2,1-2H3/t21-/m0/s1. The minimum atomic E-state index is -0.390. The number of carbonyl (C=O) groups is 2. The van der Waals surface area contributed by atoms with Crippen molar-refractivity contribution < 1.29 is 23.8 Å². The van der Waals surface area contributed by atoms with Gasteiger partial charge in [0.1, 0.15) is 0 Å². The smallest absolute Gasteiger partial charge is 0.261 e. The lowest BCUT2D eigenvalue weighted by Gasteiger charge is -2.24. The van der Waals surface area contributed by atoms with E-state index in [0.29, 0.717) is 24.6 Å². The molecular formula is C25H28N4O5S. The fourth-order valence-corrected chi connectivity index (χ4v) is 4.36. The Morgan fingerprint density at radius 1 is 1.11 bits per heavy atom. The van der Waals surface area contributed by atoms with Gasteiger partial charge in [-0.1, -0.05) is 18.2 Å². The van der Waals surface area contributed by atoms with E-state index in [1.54, 1.807) is 47.7 Å². The predicted molar refractivity (Wildman–Crippen MR) is 130 cm³/mol. The van der Waals surface area contributed by atoms with Crippen LogP contribution in [0.4, 0.5) is 0 Å². The van der Waals surface area contributed by atoms with Gasteiger partial charge in [-0.15, -0.1) is 11.3 Å². The van der Waals surface area contributed by atoms with Gasteiger partial charge < -0.3 is 24.0 Å². The predicted octanol–water partition coefficient (Wildman–Crippen LogP) is 2.69. The van der Waals surface area contributed by atoms with Crippen molar-refractivity contribution in [1.29, 1.82) is 0 Å². The molecule has 1 aromatic carbocycles. The van der Waals surface area contributed by atoms with E-state index in [1.807, 2.05) is 36.6 Å². The van der Waals surface area contributed by atoms with Gasteiger partial charge in [0.25, 0.3) is 5.91 Å². The van der Waals surface area contributed by atoms with Crippen LogP contribution in [0.15, 0.2) is 54.0 Å². The summed E-state index contributed by atoms with van der Waals surface area (Å²) in [7, 11) is 1.54. The van der Waals surface area contributed by atoms with E-state index in [4.69, 9.17) is 14.2 Å². The van der Waals surface area contributed by atoms with Gasteiger partial charge in [0, 0.05) is 24.7 Å². The number of para-hydroxylation sites is 2. The van der Waals surface area contributed by atoms with E-state index in [2.05, 4.69) is 9.97 Å². The first kappa shape index (κ1) is 24.6. The molecule has 3 aromatic rings. The summed E-state index contributed by atoms with van der Waals surface area (Å²) in [5.41, 5.74) is 1.60. The Labute approximate surface area is 208 Å². The van der Waals surface area contributed by atoms with Gasteiger partial charge in [-0.05, 0) is 31.2 Å². The molecule has 1 atom stereocenters. The van der Waals surface area contributed by atoms with Crippen LogP contribution in [0.5, 0.6) is 11.5 Å². The molecule has 3 heterocycles. The minimum absolute atomic E-state index is 0.0549. The van der Waals surface area contributed by atoms with Crippen LogP contribution in [-0.4, -0.2) is 71.0 Å². The monoisotopic (exact) mass is 496 g/mol. The largest absolute Gasteiger partial charge is 0.493 e. The first-order valence-corrected chi connectivity index (χ1v) is 12.1. The lowest BCUT2D eigenvalue weighted by molar-refractivity contribution is -0.140. The topological polar surface area (TPSA) is 94.1 Å². The molecule has 2 amide bonds. The van der Waals surface area contributed by atoms with Gasteiger partial charge in [0.15, 0.2) is 18.1 Å². The molecule has 184 valence electrons. The lowest BCUT2D eigenvalue weighted by Crippen LogP contribution is -2.42. The first-order chi connectivity index (χ1) is 17.0. The Morgan fingerprint density at radius 3 is 2.63 bits per heavy atom. The Hall–Kier alpha value is -3.50. The van der Waals surface area contributed by atoms with Gasteiger partial charge in [-0.2, -0.15) is 0 Å². The highest BCUT2D eigenvalue weighted by Crippen LogP contribution is 2.26. The van der Waals surface area contributed by atoms with Gasteiger partial charge >= 0.3 is 0 Å². The molecule has 0 unspecified atom stereocenters. The number of nitrogens with zero attached hydrogens (tertiary/aromatic N) is 4. The van der Waals surface area contributed by atoms with E-state index in [9.17, 15) is 9.59 Å². The zero-order valence-electron chi connectivity index (χ0n) is 19.8. The second-order valence-electron chi connectivity index (χ2n) is 8.10. The molecule has 0 N–H and O–H groups in total. The number of thiazole rings is 1.